The summed E-state index contributed by atoms with van der Waals surface area (Å²) in [5, 5.41) is 9.04. The van der Waals surface area contributed by atoms with Gasteiger partial charge in [0.05, 0.1) is 13.3 Å². The minimum Gasteiger partial charge on any atom is -0.492 e. The molecule has 0 aliphatic rings. The topological polar surface area (TPSA) is 72.3 Å². The van der Waals surface area contributed by atoms with Gasteiger partial charge in [-0.2, -0.15) is 0 Å². The highest BCUT2D eigenvalue weighted by Crippen LogP contribution is 2.14. The quantitative estimate of drug-likeness (QED) is 0.724. The zero-order chi connectivity index (χ0) is 9.14. The molecule has 64 valence electrons. The van der Waals surface area contributed by atoms with Crippen molar-refractivity contribution in [1.29, 1.82) is 0 Å². The number of ether oxygens (including phenoxy) is 1. The van der Waals surface area contributed by atoms with Crippen LogP contribution in [-0.2, 0) is 4.74 Å². The Morgan fingerprint density at radius 1 is 1.75 bits per heavy atom. The molecule has 0 amide bonds. The third-order valence-corrected chi connectivity index (χ3v) is 1.48. The van der Waals surface area contributed by atoms with Gasteiger partial charge in [-0.25, -0.2) is 14.8 Å². The van der Waals surface area contributed by atoms with Crippen molar-refractivity contribution in [3.05, 3.63) is 16.5 Å². The third-order valence-electron chi connectivity index (χ3n) is 1.10. The average Bonchev–Trinajstić information content (AvgIpc) is 2.08. The highest BCUT2D eigenvalue weighted by atomic mass is 79.9. The van der Waals surface area contributed by atoms with Gasteiger partial charge in [-0.05, 0) is 15.9 Å². The molecule has 5 nitrogen and oxygen atoms in total. The molecule has 0 saturated heterocycles. The first kappa shape index (κ1) is 8.92. The third kappa shape index (κ3) is 1.70. The van der Waals surface area contributed by atoms with Crippen molar-refractivity contribution >= 4 is 21.9 Å². The van der Waals surface area contributed by atoms with Gasteiger partial charge in [0, 0.05) is 0 Å². The van der Waals surface area contributed by atoms with E-state index in [9.17, 15) is 4.79 Å². The van der Waals surface area contributed by atoms with Crippen LogP contribution in [0.25, 0.3) is 0 Å². The average molecular weight is 233 g/mol. The molecule has 12 heavy (non-hydrogen) atoms. The first-order valence-electron chi connectivity index (χ1n) is 2.95. The fourth-order valence-electron chi connectivity index (χ4n) is 0.595. The van der Waals surface area contributed by atoms with Crippen LogP contribution in [0.4, 0.5) is 0 Å². The Labute approximate surface area is 76.5 Å². The smallest absolute Gasteiger partial charge is 0.362 e. The maximum Gasteiger partial charge on any atom is 0.362 e. The molecule has 0 aliphatic carbocycles. The van der Waals surface area contributed by atoms with Crippen molar-refractivity contribution in [2.45, 2.75) is 0 Å². The van der Waals surface area contributed by atoms with Crippen LogP contribution < -0.4 is 0 Å². The van der Waals surface area contributed by atoms with E-state index < -0.39 is 11.8 Å². The maximum absolute atomic E-state index is 10.9. The van der Waals surface area contributed by atoms with Gasteiger partial charge in [0.1, 0.15) is 4.60 Å². The minimum absolute atomic E-state index is 0.202. The summed E-state index contributed by atoms with van der Waals surface area (Å²) in [5.74, 6) is -1.16. The Balaban J connectivity index is 3.13. The van der Waals surface area contributed by atoms with Gasteiger partial charge in [0.25, 0.3) is 0 Å². The van der Waals surface area contributed by atoms with Crippen LogP contribution in [-0.4, -0.2) is 28.2 Å². The van der Waals surface area contributed by atoms with E-state index >= 15 is 0 Å². The highest BCUT2D eigenvalue weighted by molar-refractivity contribution is 9.10. The number of hydrogen-bond donors (Lipinski definition) is 1. The number of carbonyl (C=O) groups is 1. The number of esters is 1. The van der Waals surface area contributed by atoms with Crippen LogP contribution in [0.1, 0.15) is 10.5 Å². The summed E-state index contributed by atoms with van der Waals surface area (Å²) in [6, 6.07) is 0. The molecule has 6 heteroatoms. The number of hydrogen-bond acceptors (Lipinski definition) is 5. The van der Waals surface area contributed by atoms with Gasteiger partial charge in [-0.1, -0.05) is 0 Å². The van der Waals surface area contributed by atoms with Crippen molar-refractivity contribution in [2.75, 3.05) is 7.11 Å². The zero-order valence-electron chi connectivity index (χ0n) is 6.11. The summed E-state index contributed by atoms with van der Waals surface area (Å²) in [4.78, 5) is 18.0. The maximum atomic E-state index is 10.9. The number of nitrogens with zero attached hydrogens (tertiary/aromatic N) is 2. The van der Waals surface area contributed by atoms with E-state index in [1.54, 1.807) is 0 Å². The number of methoxy groups -OCH3 is 1. The molecular weight excluding hydrogens is 228 g/mol. The van der Waals surface area contributed by atoms with Gasteiger partial charge in [-0.15, -0.1) is 0 Å². The second kappa shape index (κ2) is 3.48. The largest absolute Gasteiger partial charge is 0.492 e. The fourth-order valence-corrected chi connectivity index (χ4v) is 0.875. The van der Waals surface area contributed by atoms with E-state index in [-0.39, 0.29) is 5.69 Å². The van der Waals surface area contributed by atoms with Crippen LogP contribution >= 0.6 is 15.9 Å². The first-order valence-corrected chi connectivity index (χ1v) is 3.74. The lowest BCUT2D eigenvalue weighted by molar-refractivity contribution is 0.0589. The Bertz CT molecular complexity index is 316. The lowest BCUT2D eigenvalue weighted by Gasteiger charge is -1.99. The molecule has 1 N–H and O–H groups in total. The molecule has 1 heterocycles. The Morgan fingerprint density at radius 2 is 2.42 bits per heavy atom. The lowest BCUT2D eigenvalue weighted by atomic mass is 10.4. The van der Waals surface area contributed by atoms with Crippen molar-refractivity contribution < 1.29 is 14.6 Å². The van der Waals surface area contributed by atoms with E-state index in [1.807, 2.05) is 0 Å². The van der Waals surface area contributed by atoms with E-state index in [0.717, 1.165) is 0 Å². The normalized spacial score (nSPS) is 9.50. The molecule has 0 aromatic carbocycles. The van der Waals surface area contributed by atoms with Crippen molar-refractivity contribution in [3.63, 3.8) is 0 Å². The van der Waals surface area contributed by atoms with E-state index in [4.69, 9.17) is 5.11 Å². The number of aromatic hydroxyl groups is 1. The van der Waals surface area contributed by atoms with Crippen LogP contribution in [0.5, 0.6) is 5.88 Å². The molecule has 0 radical (unpaired) electrons. The summed E-state index contributed by atoms with van der Waals surface area (Å²) < 4.78 is 4.71. The van der Waals surface area contributed by atoms with E-state index in [0.29, 0.717) is 4.60 Å². The lowest BCUT2D eigenvalue weighted by Crippen LogP contribution is -2.05. The van der Waals surface area contributed by atoms with E-state index in [2.05, 4.69) is 30.6 Å². The van der Waals surface area contributed by atoms with Crippen molar-refractivity contribution in [3.8, 4) is 5.88 Å². The Kier molecular flexibility index (Phi) is 2.59. The monoisotopic (exact) mass is 232 g/mol. The summed E-state index contributed by atoms with van der Waals surface area (Å²) in [5.41, 5.74) is -0.202. The summed E-state index contributed by atoms with van der Waals surface area (Å²) in [6.45, 7) is 0. The highest BCUT2D eigenvalue weighted by Gasteiger charge is 2.14. The molecule has 0 fully saturated rings. The molecule has 1 aromatic rings. The summed E-state index contributed by atoms with van der Waals surface area (Å²) in [6.07, 6.45) is 1.28. The summed E-state index contributed by atoms with van der Waals surface area (Å²) in [7, 11) is 1.20. The minimum atomic E-state index is -0.721. The molecule has 0 bridgehead atoms. The van der Waals surface area contributed by atoms with Crippen LogP contribution in [0, 0.1) is 0 Å². The molecule has 1 rings (SSSR count). The second-order valence-electron chi connectivity index (χ2n) is 1.86. The van der Waals surface area contributed by atoms with Gasteiger partial charge in [0.15, 0.2) is 0 Å². The molecule has 0 saturated carbocycles. The number of rotatable bonds is 1. The molecule has 1 aromatic heterocycles. The Morgan fingerprint density at radius 3 is 3.00 bits per heavy atom. The van der Waals surface area contributed by atoms with Crippen LogP contribution in [0.15, 0.2) is 10.8 Å². The van der Waals surface area contributed by atoms with Gasteiger partial charge in [-0.3, -0.25) is 0 Å². The van der Waals surface area contributed by atoms with Gasteiger partial charge < -0.3 is 9.84 Å². The van der Waals surface area contributed by atoms with Gasteiger partial charge >= 0.3 is 5.97 Å². The zero-order valence-corrected chi connectivity index (χ0v) is 7.70. The van der Waals surface area contributed by atoms with E-state index in [1.165, 1.54) is 13.3 Å². The molecule has 0 unspecified atom stereocenters. The standard InChI is InChI=1S/C6H5BrN2O3/c1-12-6(11)4-5(10)8-2-3(7)9-4/h2H,1H3,(H,8,10). The number of halogens is 1. The number of carbonyl (C=O) groups excluding carboxylic acids is 1. The molecular formula is C6H5BrN2O3. The van der Waals surface area contributed by atoms with Crippen LogP contribution in [0.3, 0.4) is 0 Å². The predicted octanol–water partition coefficient (Wildman–Crippen LogP) is 0.731. The first-order chi connectivity index (χ1) is 5.65. The summed E-state index contributed by atoms with van der Waals surface area (Å²) >= 11 is 3.00. The molecule has 0 atom stereocenters. The van der Waals surface area contributed by atoms with Crippen molar-refractivity contribution in [1.82, 2.24) is 9.97 Å². The number of aromatic nitrogens is 2. The predicted molar refractivity (Wildman–Crippen MR) is 42.7 cm³/mol. The van der Waals surface area contributed by atoms with Crippen LogP contribution in [0.2, 0.25) is 0 Å². The fraction of sp³-hybridized carbons (Fsp3) is 0.167. The van der Waals surface area contributed by atoms with Crippen molar-refractivity contribution in [2.24, 2.45) is 0 Å². The SMILES string of the molecule is COC(=O)c1nc(Br)cnc1O. The Hall–Kier alpha value is -1.17. The van der Waals surface area contributed by atoms with Gasteiger partial charge in [0.2, 0.25) is 11.6 Å². The molecule has 0 spiro atoms. The second-order valence-corrected chi connectivity index (χ2v) is 2.67. The molecule has 0 aliphatic heterocycles.